The first-order valence-electron chi connectivity index (χ1n) is 9.41. The molecule has 2 unspecified atom stereocenters. The van der Waals surface area contributed by atoms with Crippen LogP contribution >= 0.6 is 0 Å². The van der Waals surface area contributed by atoms with Crippen molar-refractivity contribution in [2.75, 3.05) is 13.7 Å². The molecule has 0 rings (SSSR count). The van der Waals surface area contributed by atoms with Crippen LogP contribution in [0.5, 0.6) is 0 Å². The standard InChI is InChI=1S/C15H32O.2C2H6.CH4O/c1-8-10-15(6,7)14(16-9-2)13(5)11-12(3)4;3*1-2/h12-14H,8-11H2,1-7H3;2*1-2H3;2H,1H3. The fourth-order valence-corrected chi connectivity index (χ4v) is 2.99. The molecular formula is C20H48O2. The van der Waals surface area contributed by atoms with Gasteiger partial charge in [0.25, 0.3) is 0 Å². The smallest absolute Gasteiger partial charge is 0.0651 e. The minimum atomic E-state index is 0.305. The fourth-order valence-electron chi connectivity index (χ4n) is 2.99. The van der Waals surface area contributed by atoms with Crippen molar-refractivity contribution in [3.63, 3.8) is 0 Å². The highest BCUT2D eigenvalue weighted by molar-refractivity contribution is 4.83. The molecule has 0 bridgehead atoms. The van der Waals surface area contributed by atoms with E-state index in [9.17, 15) is 0 Å². The summed E-state index contributed by atoms with van der Waals surface area (Å²) in [6.07, 6.45) is 4.16. The first-order chi connectivity index (χ1) is 10.3. The molecule has 140 valence electrons. The predicted molar refractivity (Wildman–Crippen MR) is 104 cm³/mol. The Balaban J connectivity index is -0.000000238. The molecule has 0 radical (unpaired) electrons. The highest BCUT2D eigenvalue weighted by Gasteiger charge is 2.33. The van der Waals surface area contributed by atoms with E-state index >= 15 is 0 Å². The van der Waals surface area contributed by atoms with Crippen molar-refractivity contribution in [1.29, 1.82) is 0 Å². The molecule has 0 aromatic carbocycles. The molecule has 2 nitrogen and oxygen atoms in total. The number of aliphatic hydroxyl groups is 1. The van der Waals surface area contributed by atoms with Gasteiger partial charge in [0.05, 0.1) is 6.10 Å². The van der Waals surface area contributed by atoms with Gasteiger partial charge in [0, 0.05) is 13.7 Å². The molecule has 0 aromatic heterocycles. The van der Waals surface area contributed by atoms with Gasteiger partial charge in [0.1, 0.15) is 0 Å². The van der Waals surface area contributed by atoms with Crippen LogP contribution in [0.15, 0.2) is 0 Å². The second kappa shape index (κ2) is 20.9. The zero-order chi connectivity index (χ0) is 18.8. The van der Waals surface area contributed by atoms with Gasteiger partial charge in [-0.2, -0.15) is 0 Å². The zero-order valence-electron chi connectivity index (χ0n) is 17.9. The topological polar surface area (TPSA) is 29.5 Å². The van der Waals surface area contributed by atoms with Gasteiger partial charge < -0.3 is 9.84 Å². The van der Waals surface area contributed by atoms with Crippen LogP contribution in [0.1, 0.15) is 95.4 Å². The third-order valence-electron chi connectivity index (χ3n) is 3.37. The summed E-state index contributed by atoms with van der Waals surface area (Å²) in [4.78, 5) is 0. The van der Waals surface area contributed by atoms with Gasteiger partial charge in [-0.05, 0) is 37.0 Å². The maximum absolute atomic E-state index is 7.00. The minimum Gasteiger partial charge on any atom is -0.400 e. The number of ether oxygens (including phenoxy) is 1. The SMILES string of the molecule is CC.CC.CCCC(C)(C)C(OCC)C(C)CC(C)C.CO. The van der Waals surface area contributed by atoms with Crippen molar-refractivity contribution in [3.8, 4) is 0 Å². The Morgan fingerprint density at radius 1 is 0.909 bits per heavy atom. The molecule has 0 fully saturated rings. The van der Waals surface area contributed by atoms with Gasteiger partial charge in [-0.1, -0.05) is 75.7 Å². The van der Waals surface area contributed by atoms with Crippen molar-refractivity contribution in [3.05, 3.63) is 0 Å². The number of aliphatic hydroxyl groups excluding tert-OH is 1. The average molecular weight is 321 g/mol. The van der Waals surface area contributed by atoms with E-state index in [0.29, 0.717) is 17.4 Å². The van der Waals surface area contributed by atoms with E-state index in [0.717, 1.165) is 19.6 Å². The van der Waals surface area contributed by atoms with Crippen molar-refractivity contribution < 1.29 is 9.84 Å². The van der Waals surface area contributed by atoms with Crippen molar-refractivity contribution in [2.45, 2.75) is 102 Å². The quantitative estimate of drug-likeness (QED) is 0.548. The molecular weight excluding hydrogens is 272 g/mol. The van der Waals surface area contributed by atoms with Gasteiger partial charge in [-0.25, -0.2) is 0 Å². The maximum Gasteiger partial charge on any atom is 0.0651 e. The van der Waals surface area contributed by atoms with E-state index < -0.39 is 0 Å². The van der Waals surface area contributed by atoms with E-state index in [2.05, 4.69) is 48.5 Å². The van der Waals surface area contributed by atoms with Crippen LogP contribution in [-0.4, -0.2) is 24.9 Å². The molecule has 2 heteroatoms. The first kappa shape index (κ1) is 29.9. The monoisotopic (exact) mass is 320 g/mol. The molecule has 0 amide bonds. The summed E-state index contributed by atoms with van der Waals surface area (Å²) >= 11 is 0. The van der Waals surface area contributed by atoms with E-state index in [1.807, 2.05) is 27.7 Å². The average Bonchev–Trinajstić information content (AvgIpc) is 2.50. The summed E-state index contributed by atoms with van der Waals surface area (Å²) in [6, 6.07) is 0. The lowest BCUT2D eigenvalue weighted by atomic mass is 9.75. The van der Waals surface area contributed by atoms with E-state index in [4.69, 9.17) is 9.84 Å². The fraction of sp³-hybridized carbons (Fsp3) is 1.00. The third-order valence-corrected chi connectivity index (χ3v) is 3.37. The predicted octanol–water partition coefficient (Wildman–Crippen LogP) is 6.56. The summed E-state index contributed by atoms with van der Waals surface area (Å²) in [5, 5.41) is 7.00. The number of hydrogen-bond acceptors (Lipinski definition) is 2. The second-order valence-corrected chi connectivity index (χ2v) is 6.22. The largest absolute Gasteiger partial charge is 0.400 e. The lowest BCUT2D eigenvalue weighted by Gasteiger charge is -2.38. The van der Waals surface area contributed by atoms with Crippen LogP contribution in [0.4, 0.5) is 0 Å². The van der Waals surface area contributed by atoms with Crippen LogP contribution in [0.2, 0.25) is 0 Å². The highest BCUT2D eigenvalue weighted by Crippen LogP contribution is 2.35. The second-order valence-electron chi connectivity index (χ2n) is 6.22. The van der Waals surface area contributed by atoms with Crippen LogP contribution in [0.25, 0.3) is 0 Å². The van der Waals surface area contributed by atoms with E-state index in [-0.39, 0.29) is 0 Å². The molecule has 0 aliphatic carbocycles. The molecule has 1 N–H and O–H groups in total. The minimum absolute atomic E-state index is 0.305. The molecule has 0 aromatic rings. The van der Waals surface area contributed by atoms with Gasteiger partial charge >= 0.3 is 0 Å². The van der Waals surface area contributed by atoms with E-state index in [1.165, 1.54) is 19.3 Å². The van der Waals surface area contributed by atoms with Crippen LogP contribution in [0.3, 0.4) is 0 Å². The summed E-state index contributed by atoms with van der Waals surface area (Å²) < 4.78 is 6.02. The third kappa shape index (κ3) is 16.3. The molecule has 22 heavy (non-hydrogen) atoms. The molecule has 0 aliphatic rings. The Kier molecular flexibility index (Phi) is 28.4. The Morgan fingerprint density at radius 2 is 1.32 bits per heavy atom. The number of hydrogen-bond donors (Lipinski definition) is 1. The van der Waals surface area contributed by atoms with Crippen molar-refractivity contribution in [2.24, 2.45) is 17.3 Å². The van der Waals surface area contributed by atoms with Crippen molar-refractivity contribution >= 4 is 0 Å². The molecule has 0 spiro atoms. The summed E-state index contributed by atoms with van der Waals surface area (Å²) in [5.74, 6) is 1.41. The molecule has 0 saturated carbocycles. The zero-order valence-corrected chi connectivity index (χ0v) is 17.9. The molecule has 0 aliphatic heterocycles. The van der Waals surface area contributed by atoms with Crippen molar-refractivity contribution in [1.82, 2.24) is 0 Å². The summed E-state index contributed by atoms with van der Waals surface area (Å²) in [6.45, 7) is 24.9. The highest BCUT2D eigenvalue weighted by atomic mass is 16.5. The van der Waals surface area contributed by atoms with E-state index in [1.54, 1.807) is 0 Å². The Morgan fingerprint density at radius 3 is 1.59 bits per heavy atom. The Labute approximate surface area is 143 Å². The summed E-state index contributed by atoms with van der Waals surface area (Å²) in [5.41, 5.74) is 0.305. The van der Waals surface area contributed by atoms with Gasteiger partial charge in [-0.3, -0.25) is 0 Å². The van der Waals surface area contributed by atoms with Gasteiger partial charge in [-0.15, -0.1) is 0 Å². The number of rotatable bonds is 8. The van der Waals surface area contributed by atoms with Crippen LogP contribution in [0, 0.1) is 17.3 Å². The maximum atomic E-state index is 7.00. The lowest BCUT2D eigenvalue weighted by Crippen LogP contribution is -2.38. The summed E-state index contributed by atoms with van der Waals surface area (Å²) in [7, 11) is 1.00. The Hall–Kier alpha value is -0.0800. The van der Waals surface area contributed by atoms with Gasteiger partial charge in [0.2, 0.25) is 0 Å². The normalized spacial score (nSPS) is 12.8. The van der Waals surface area contributed by atoms with Crippen LogP contribution < -0.4 is 0 Å². The lowest BCUT2D eigenvalue weighted by molar-refractivity contribution is -0.0608. The molecule has 0 heterocycles. The van der Waals surface area contributed by atoms with Crippen LogP contribution in [-0.2, 0) is 4.74 Å². The molecule has 2 atom stereocenters. The first-order valence-corrected chi connectivity index (χ1v) is 9.41. The Bertz CT molecular complexity index is 177. The molecule has 0 saturated heterocycles. The van der Waals surface area contributed by atoms with Gasteiger partial charge in [0.15, 0.2) is 0 Å².